The van der Waals surface area contributed by atoms with Crippen molar-refractivity contribution in [2.45, 2.75) is 36.5 Å². The van der Waals surface area contributed by atoms with Gasteiger partial charge in [0.1, 0.15) is 0 Å². The number of halogens is 3. The molecule has 34 heavy (non-hydrogen) atoms. The van der Waals surface area contributed by atoms with Gasteiger partial charge in [-0.05, 0) is 78.3 Å². The SMILES string of the molecule is CSc1ccc(-c2cccc(CN3CCC(NC(=O)c4ccc(C(F)(F)F)cc4)CC3)c2)cc1. The fraction of sp³-hybridized carbons (Fsp3) is 0.296. The fourth-order valence-corrected chi connectivity index (χ4v) is 4.61. The third-order valence-corrected chi connectivity index (χ3v) is 6.90. The molecule has 3 nitrogen and oxygen atoms in total. The van der Waals surface area contributed by atoms with E-state index in [1.807, 2.05) is 0 Å². The van der Waals surface area contributed by atoms with Crippen molar-refractivity contribution in [3.05, 3.63) is 89.5 Å². The summed E-state index contributed by atoms with van der Waals surface area (Å²) < 4.78 is 38.2. The third kappa shape index (κ3) is 6.21. The van der Waals surface area contributed by atoms with Gasteiger partial charge in [0.05, 0.1) is 5.56 Å². The second-order valence-electron chi connectivity index (χ2n) is 8.53. The van der Waals surface area contributed by atoms with E-state index >= 15 is 0 Å². The minimum atomic E-state index is -4.40. The number of hydrogen-bond donors (Lipinski definition) is 1. The Balaban J connectivity index is 1.29. The smallest absolute Gasteiger partial charge is 0.349 e. The Morgan fingerprint density at radius 2 is 1.65 bits per heavy atom. The zero-order valence-electron chi connectivity index (χ0n) is 18.9. The molecule has 0 unspecified atom stereocenters. The van der Waals surface area contributed by atoms with E-state index in [1.54, 1.807) is 11.8 Å². The van der Waals surface area contributed by atoms with Crippen LogP contribution in [0.3, 0.4) is 0 Å². The Morgan fingerprint density at radius 1 is 0.971 bits per heavy atom. The first kappa shape index (κ1) is 24.4. The molecular weight excluding hydrogens is 457 g/mol. The summed E-state index contributed by atoms with van der Waals surface area (Å²) in [4.78, 5) is 16.1. The second-order valence-corrected chi connectivity index (χ2v) is 9.41. The van der Waals surface area contributed by atoms with Gasteiger partial charge in [-0.25, -0.2) is 0 Å². The van der Waals surface area contributed by atoms with E-state index in [0.29, 0.717) is 0 Å². The predicted octanol–water partition coefficient (Wildman–Crippen LogP) is 6.49. The van der Waals surface area contributed by atoms with Gasteiger partial charge in [0.25, 0.3) is 5.91 Å². The first-order valence-corrected chi connectivity index (χ1v) is 12.5. The normalized spacial score (nSPS) is 15.3. The van der Waals surface area contributed by atoms with Gasteiger partial charge in [0, 0.05) is 36.1 Å². The molecule has 1 saturated heterocycles. The molecular formula is C27H27F3N2OS. The molecule has 1 aliphatic rings. The lowest BCUT2D eigenvalue weighted by atomic mass is 10.0. The predicted molar refractivity (Wildman–Crippen MR) is 131 cm³/mol. The van der Waals surface area contributed by atoms with Crippen molar-refractivity contribution in [2.75, 3.05) is 19.3 Å². The van der Waals surface area contributed by atoms with Gasteiger partial charge in [-0.15, -0.1) is 11.8 Å². The molecule has 0 spiro atoms. The molecule has 1 heterocycles. The average Bonchev–Trinajstić information content (AvgIpc) is 2.85. The van der Waals surface area contributed by atoms with E-state index in [0.717, 1.165) is 44.6 Å². The van der Waals surface area contributed by atoms with Gasteiger partial charge < -0.3 is 5.32 Å². The number of nitrogens with one attached hydrogen (secondary N) is 1. The molecule has 3 aromatic rings. The van der Waals surface area contributed by atoms with Crippen LogP contribution in [0.5, 0.6) is 0 Å². The Kier molecular flexibility index (Phi) is 7.63. The molecule has 1 N–H and O–H groups in total. The number of alkyl halides is 3. The monoisotopic (exact) mass is 484 g/mol. The molecule has 4 rings (SSSR count). The van der Waals surface area contributed by atoms with Gasteiger partial charge in [-0.3, -0.25) is 9.69 Å². The summed E-state index contributed by atoms with van der Waals surface area (Å²) in [5.41, 5.74) is 3.14. The van der Waals surface area contributed by atoms with E-state index in [9.17, 15) is 18.0 Å². The maximum Gasteiger partial charge on any atom is 0.416 e. The lowest BCUT2D eigenvalue weighted by Crippen LogP contribution is -2.44. The van der Waals surface area contributed by atoms with Gasteiger partial charge in [0.2, 0.25) is 0 Å². The number of thioether (sulfide) groups is 1. The Morgan fingerprint density at radius 3 is 2.26 bits per heavy atom. The Hall–Kier alpha value is -2.77. The second kappa shape index (κ2) is 10.7. The molecule has 1 amide bonds. The van der Waals surface area contributed by atoms with Crippen molar-refractivity contribution in [3.8, 4) is 11.1 Å². The molecule has 0 atom stereocenters. The zero-order valence-corrected chi connectivity index (χ0v) is 19.8. The highest BCUT2D eigenvalue weighted by atomic mass is 32.2. The third-order valence-electron chi connectivity index (χ3n) is 6.15. The summed E-state index contributed by atoms with van der Waals surface area (Å²) in [7, 11) is 0. The van der Waals surface area contributed by atoms with Crippen LogP contribution in [0.25, 0.3) is 11.1 Å². The standard InChI is InChI=1S/C27H27F3N2OS/c1-34-25-11-7-20(8-12-25)22-4-2-3-19(17-22)18-32-15-13-24(14-16-32)31-26(33)21-5-9-23(10-6-21)27(28,29)30/h2-12,17,24H,13-16,18H2,1H3,(H,31,33). The quantitative estimate of drug-likeness (QED) is 0.406. The van der Waals surface area contributed by atoms with Crippen LogP contribution in [-0.4, -0.2) is 36.2 Å². The number of piperidine rings is 1. The summed E-state index contributed by atoms with van der Waals surface area (Å²) in [5, 5.41) is 2.97. The number of hydrogen-bond acceptors (Lipinski definition) is 3. The summed E-state index contributed by atoms with van der Waals surface area (Å²) in [6.07, 6.45) is -0.719. The topological polar surface area (TPSA) is 32.3 Å². The van der Waals surface area contributed by atoms with E-state index < -0.39 is 11.7 Å². The molecule has 7 heteroatoms. The van der Waals surface area contributed by atoms with Crippen molar-refractivity contribution < 1.29 is 18.0 Å². The summed E-state index contributed by atoms with van der Waals surface area (Å²) >= 11 is 1.73. The molecule has 1 aliphatic heterocycles. The zero-order chi connectivity index (χ0) is 24.1. The van der Waals surface area contributed by atoms with Crippen LogP contribution in [0.4, 0.5) is 13.2 Å². The number of likely N-dealkylation sites (tertiary alicyclic amines) is 1. The Bertz CT molecular complexity index is 1110. The van der Waals surface area contributed by atoms with Gasteiger partial charge in [-0.1, -0.05) is 30.3 Å². The van der Waals surface area contributed by atoms with Crippen LogP contribution in [0, 0.1) is 0 Å². The number of rotatable bonds is 6. The van der Waals surface area contributed by atoms with Crippen molar-refractivity contribution in [1.29, 1.82) is 0 Å². The summed E-state index contributed by atoms with van der Waals surface area (Å²) in [6.45, 7) is 2.55. The number of benzene rings is 3. The maximum atomic E-state index is 12.7. The van der Waals surface area contributed by atoms with E-state index in [4.69, 9.17) is 0 Å². The molecule has 0 bridgehead atoms. The molecule has 0 saturated carbocycles. The van der Waals surface area contributed by atoms with Crippen molar-refractivity contribution in [3.63, 3.8) is 0 Å². The summed E-state index contributed by atoms with van der Waals surface area (Å²) in [5.74, 6) is -0.327. The lowest BCUT2D eigenvalue weighted by Gasteiger charge is -2.32. The highest BCUT2D eigenvalue weighted by Crippen LogP contribution is 2.29. The van der Waals surface area contributed by atoms with Crippen LogP contribution in [0.1, 0.15) is 34.3 Å². The van der Waals surface area contributed by atoms with Crippen LogP contribution < -0.4 is 5.32 Å². The van der Waals surface area contributed by atoms with Gasteiger partial charge in [-0.2, -0.15) is 13.2 Å². The maximum absolute atomic E-state index is 12.7. The number of amides is 1. The fourth-order valence-electron chi connectivity index (χ4n) is 4.21. The van der Waals surface area contributed by atoms with Crippen LogP contribution in [0.2, 0.25) is 0 Å². The van der Waals surface area contributed by atoms with Crippen LogP contribution in [0.15, 0.2) is 77.7 Å². The molecule has 0 aliphatic carbocycles. The van der Waals surface area contributed by atoms with Crippen molar-refractivity contribution >= 4 is 17.7 Å². The van der Waals surface area contributed by atoms with Crippen molar-refractivity contribution in [2.24, 2.45) is 0 Å². The summed E-state index contributed by atoms with van der Waals surface area (Å²) in [6, 6.07) is 21.5. The largest absolute Gasteiger partial charge is 0.416 e. The molecule has 178 valence electrons. The number of nitrogens with zero attached hydrogens (tertiary/aromatic N) is 1. The number of carbonyl (C=O) groups is 1. The van der Waals surface area contributed by atoms with Crippen LogP contribution >= 0.6 is 11.8 Å². The Labute approximate surface area is 202 Å². The van der Waals surface area contributed by atoms with Gasteiger partial charge in [0.15, 0.2) is 0 Å². The van der Waals surface area contributed by atoms with Gasteiger partial charge >= 0.3 is 6.18 Å². The highest BCUT2D eigenvalue weighted by molar-refractivity contribution is 7.98. The van der Waals surface area contributed by atoms with E-state index in [2.05, 4.69) is 65.0 Å². The molecule has 0 radical (unpaired) electrons. The van der Waals surface area contributed by atoms with E-state index in [1.165, 1.54) is 33.7 Å². The molecule has 1 fully saturated rings. The molecule has 0 aromatic heterocycles. The van der Waals surface area contributed by atoms with Crippen molar-refractivity contribution in [1.82, 2.24) is 10.2 Å². The number of carbonyl (C=O) groups excluding carboxylic acids is 1. The average molecular weight is 485 g/mol. The first-order valence-electron chi connectivity index (χ1n) is 11.3. The van der Waals surface area contributed by atoms with E-state index in [-0.39, 0.29) is 17.5 Å². The molecule has 3 aromatic carbocycles. The minimum absolute atomic E-state index is 0.0207. The highest BCUT2D eigenvalue weighted by Gasteiger charge is 2.30. The minimum Gasteiger partial charge on any atom is -0.349 e. The lowest BCUT2D eigenvalue weighted by molar-refractivity contribution is -0.137. The first-order chi connectivity index (χ1) is 16.3. The van der Waals surface area contributed by atoms with Crippen LogP contribution in [-0.2, 0) is 12.7 Å².